The molecule has 2 amide bonds. The van der Waals surface area contributed by atoms with Crippen LogP contribution in [-0.2, 0) is 14.8 Å². The number of rotatable bonds is 8. The highest BCUT2D eigenvalue weighted by molar-refractivity contribution is 7.92. The highest BCUT2D eigenvalue weighted by Gasteiger charge is 2.29. The standard InChI is InChI=1S/C26H35N3O4S/c1-5-6-12-27-25(30)22-10-8-13-29(17-22)26(31)21-9-7-11-23(16-21)28-34(32,33)24-19(3)14-18(2)15-20(24)4/h7,9,11,14-16,22,28H,5-6,8,10,12-13,17H2,1-4H3,(H,27,30). The van der Waals surface area contributed by atoms with Crippen LogP contribution in [-0.4, -0.2) is 44.8 Å². The second-order valence-electron chi connectivity index (χ2n) is 9.15. The molecule has 2 aromatic rings. The van der Waals surface area contributed by atoms with Crippen molar-refractivity contribution in [1.29, 1.82) is 0 Å². The van der Waals surface area contributed by atoms with E-state index in [4.69, 9.17) is 0 Å². The number of hydrogen-bond acceptors (Lipinski definition) is 4. The van der Waals surface area contributed by atoms with Gasteiger partial charge in [0.25, 0.3) is 15.9 Å². The minimum atomic E-state index is -3.82. The summed E-state index contributed by atoms with van der Waals surface area (Å²) in [6.07, 6.45) is 3.47. The normalized spacial score (nSPS) is 16.2. The number of piperidine rings is 1. The molecular formula is C26H35N3O4S. The first-order valence-corrected chi connectivity index (χ1v) is 13.4. The fraction of sp³-hybridized carbons (Fsp3) is 0.462. The number of nitrogens with one attached hydrogen (secondary N) is 2. The molecule has 34 heavy (non-hydrogen) atoms. The van der Waals surface area contributed by atoms with Gasteiger partial charge in [-0.15, -0.1) is 0 Å². The summed E-state index contributed by atoms with van der Waals surface area (Å²) >= 11 is 0. The molecular weight excluding hydrogens is 450 g/mol. The van der Waals surface area contributed by atoms with E-state index < -0.39 is 10.0 Å². The van der Waals surface area contributed by atoms with E-state index >= 15 is 0 Å². The molecule has 1 heterocycles. The highest BCUT2D eigenvalue weighted by Crippen LogP contribution is 2.25. The molecule has 7 nitrogen and oxygen atoms in total. The van der Waals surface area contributed by atoms with E-state index in [2.05, 4.69) is 17.0 Å². The minimum absolute atomic E-state index is 0.00343. The number of amides is 2. The number of likely N-dealkylation sites (tertiary alicyclic amines) is 1. The number of hydrogen-bond donors (Lipinski definition) is 2. The van der Waals surface area contributed by atoms with Crippen molar-refractivity contribution < 1.29 is 18.0 Å². The maximum absolute atomic E-state index is 13.2. The molecule has 0 saturated carbocycles. The molecule has 0 aromatic heterocycles. The molecule has 1 aliphatic heterocycles. The van der Waals surface area contributed by atoms with E-state index in [9.17, 15) is 18.0 Å². The third-order valence-electron chi connectivity index (χ3n) is 6.14. The number of sulfonamides is 1. The topological polar surface area (TPSA) is 95.6 Å². The van der Waals surface area contributed by atoms with Gasteiger partial charge in [0.2, 0.25) is 5.91 Å². The smallest absolute Gasteiger partial charge is 0.262 e. The van der Waals surface area contributed by atoms with Gasteiger partial charge in [-0.2, -0.15) is 0 Å². The van der Waals surface area contributed by atoms with Gasteiger partial charge >= 0.3 is 0 Å². The zero-order chi connectivity index (χ0) is 24.9. The molecule has 1 saturated heterocycles. The largest absolute Gasteiger partial charge is 0.356 e. The lowest BCUT2D eigenvalue weighted by Gasteiger charge is -2.32. The summed E-state index contributed by atoms with van der Waals surface area (Å²) in [4.78, 5) is 27.6. The number of carbonyl (C=O) groups is 2. The van der Waals surface area contributed by atoms with E-state index in [1.54, 1.807) is 43.0 Å². The first-order valence-electron chi connectivity index (χ1n) is 11.9. The van der Waals surface area contributed by atoms with Gasteiger partial charge in [0, 0.05) is 30.9 Å². The van der Waals surface area contributed by atoms with Crippen molar-refractivity contribution in [1.82, 2.24) is 10.2 Å². The van der Waals surface area contributed by atoms with Gasteiger partial charge in [0.05, 0.1) is 10.8 Å². The van der Waals surface area contributed by atoms with Crippen LogP contribution in [0.25, 0.3) is 0 Å². The Labute approximate surface area is 203 Å². The summed E-state index contributed by atoms with van der Waals surface area (Å²) < 4.78 is 28.9. The average molecular weight is 486 g/mol. The molecule has 0 radical (unpaired) electrons. The Morgan fingerprint density at radius 2 is 1.79 bits per heavy atom. The molecule has 184 valence electrons. The van der Waals surface area contributed by atoms with Crippen LogP contribution in [0.3, 0.4) is 0 Å². The molecule has 0 aliphatic carbocycles. The van der Waals surface area contributed by atoms with E-state index in [0.717, 1.165) is 31.2 Å². The summed E-state index contributed by atoms with van der Waals surface area (Å²) in [7, 11) is -3.82. The number of nitrogens with zero attached hydrogens (tertiary/aromatic N) is 1. The van der Waals surface area contributed by atoms with Crippen LogP contribution >= 0.6 is 0 Å². The van der Waals surface area contributed by atoms with Crippen molar-refractivity contribution in [2.24, 2.45) is 5.92 Å². The fourth-order valence-electron chi connectivity index (χ4n) is 4.60. The quantitative estimate of drug-likeness (QED) is 0.548. The van der Waals surface area contributed by atoms with Crippen molar-refractivity contribution in [2.75, 3.05) is 24.4 Å². The molecule has 1 unspecified atom stereocenters. The predicted octanol–water partition coefficient (Wildman–Crippen LogP) is 4.18. The van der Waals surface area contributed by atoms with Crippen molar-refractivity contribution >= 4 is 27.5 Å². The number of carbonyl (C=O) groups excluding carboxylic acids is 2. The zero-order valence-corrected chi connectivity index (χ0v) is 21.3. The molecule has 2 N–H and O–H groups in total. The van der Waals surface area contributed by atoms with Crippen molar-refractivity contribution in [3.8, 4) is 0 Å². The molecule has 2 aromatic carbocycles. The third-order valence-corrected chi connectivity index (χ3v) is 7.83. The highest BCUT2D eigenvalue weighted by atomic mass is 32.2. The monoisotopic (exact) mass is 485 g/mol. The summed E-state index contributed by atoms with van der Waals surface area (Å²) in [6.45, 7) is 9.16. The predicted molar refractivity (Wildman–Crippen MR) is 134 cm³/mol. The Balaban J connectivity index is 1.74. The summed E-state index contributed by atoms with van der Waals surface area (Å²) in [5, 5.41) is 2.96. The van der Waals surface area contributed by atoms with E-state index in [0.29, 0.717) is 42.0 Å². The number of unbranched alkanes of at least 4 members (excludes halogenated alkanes) is 1. The first-order chi connectivity index (χ1) is 16.1. The number of aryl methyl sites for hydroxylation is 3. The lowest BCUT2D eigenvalue weighted by molar-refractivity contribution is -0.126. The molecule has 8 heteroatoms. The molecule has 1 aliphatic rings. The molecule has 1 fully saturated rings. The first kappa shape index (κ1) is 25.7. The van der Waals surface area contributed by atoms with Gasteiger partial charge in [0.15, 0.2) is 0 Å². The van der Waals surface area contributed by atoms with Crippen molar-refractivity contribution in [3.63, 3.8) is 0 Å². The third kappa shape index (κ3) is 6.17. The Hall–Kier alpha value is -2.87. The van der Waals surface area contributed by atoms with Gasteiger partial charge in [-0.3, -0.25) is 14.3 Å². The average Bonchev–Trinajstić information content (AvgIpc) is 2.77. The van der Waals surface area contributed by atoms with Gasteiger partial charge < -0.3 is 10.2 Å². The van der Waals surface area contributed by atoms with E-state index in [1.807, 2.05) is 19.1 Å². The second kappa shape index (κ2) is 11.0. The van der Waals surface area contributed by atoms with Crippen molar-refractivity contribution in [2.45, 2.75) is 58.3 Å². The van der Waals surface area contributed by atoms with Crippen LogP contribution in [0.4, 0.5) is 5.69 Å². The Morgan fingerprint density at radius 1 is 1.09 bits per heavy atom. The fourth-order valence-corrected chi connectivity index (χ4v) is 6.11. The van der Waals surface area contributed by atoms with E-state index in [-0.39, 0.29) is 22.6 Å². The van der Waals surface area contributed by atoms with Gasteiger partial charge in [0.1, 0.15) is 0 Å². The second-order valence-corrected chi connectivity index (χ2v) is 10.8. The maximum atomic E-state index is 13.2. The lowest BCUT2D eigenvalue weighted by atomic mass is 9.96. The zero-order valence-electron chi connectivity index (χ0n) is 20.5. The van der Waals surface area contributed by atoms with Crippen LogP contribution in [0.15, 0.2) is 41.3 Å². The van der Waals surface area contributed by atoms with Crippen LogP contribution in [0, 0.1) is 26.7 Å². The van der Waals surface area contributed by atoms with Crippen LogP contribution in [0.2, 0.25) is 0 Å². The molecule has 1 atom stereocenters. The maximum Gasteiger partial charge on any atom is 0.262 e. The van der Waals surface area contributed by atoms with Gasteiger partial charge in [-0.05, 0) is 69.4 Å². The molecule has 3 rings (SSSR count). The summed E-state index contributed by atoms with van der Waals surface area (Å²) in [6, 6.07) is 10.2. The number of anilines is 1. The van der Waals surface area contributed by atoms with E-state index in [1.165, 1.54) is 0 Å². The van der Waals surface area contributed by atoms with Gasteiger partial charge in [-0.25, -0.2) is 8.42 Å². The van der Waals surface area contributed by atoms with Crippen LogP contribution in [0.5, 0.6) is 0 Å². The Morgan fingerprint density at radius 3 is 2.47 bits per heavy atom. The Bertz CT molecular complexity index is 1140. The lowest BCUT2D eigenvalue weighted by Crippen LogP contribution is -2.45. The Kier molecular flexibility index (Phi) is 8.36. The summed E-state index contributed by atoms with van der Waals surface area (Å²) in [5.41, 5.74) is 3.07. The molecule has 0 spiro atoms. The molecule has 0 bridgehead atoms. The SMILES string of the molecule is CCCCNC(=O)C1CCCN(C(=O)c2cccc(NS(=O)(=O)c3c(C)cc(C)cc3C)c2)C1. The summed E-state index contributed by atoms with van der Waals surface area (Å²) in [5.74, 6) is -0.421. The van der Waals surface area contributed by atoms with Gasteiger partial charge in [-0.1, -0.05) is 37.1 Å². The van der Waals surface area contributed by atoms with Crippen molar-refractivity contribution in [3.05, 3.63) is 58.7 Å². The minimum Gasteiger partial charge on any atom is -0.356 e. The van der Waals surface area contributed by atoms with Crippen LogP contribution in [0.1, 0.15) is 59.7 Å². The number of benzene rings is 2. The van der Waals surface area contributed by atoms with Crippen LogP contribution < -0.4 is 10.0 Å².